The number of benzene rings is 4. The van der Waals surface area contributed by atoms with Crippen molar-refractivity contribution in [3.63, 3.8) is 0 Å². The van der Waals surface area contributed by atoms with Crippen molar-refractivity contribution in [1.29, 1.82) is 0 Å². The Kier molecular flexibility index (Phi) is 12.8. The van der Waals surface area contributed by atoms with Crippen LogP contribution in [0.2, 0.25) is 0 Å². The minimum atomic E-state index is -0.0773. The van der Waals surface area contributed by atoms with Crippen LogP contribution in [0, 0.1) is 5.92 Å². The molecule has 1 fully saturated rings. The van der Waals surface area contributed by atoms with Crippen LogP contribution in [0.5, 0.6) is 23.0 Å². The molecule has 0 bridgehead atoms. The van der Waals surface area contributed by atoms with Gasteiger partial charge in [0.1, 0.15) is 30.4 Å². The van der Waals surface area contributed by atoms with Gasteiger partial charge >= 0.3 is 0 Å². The fourth-order valence-corrected chi connectivity index (χ4v) is 5.42. The molecule has 244 valence electrons. The molecule has 1 aliphatic rings. The second kappa shape index (κ2) is 17.0. The van der Waals surface area contributed by atoms with Crippen LogP contribution in [-0.2, 0) is 22.7 Å². The number of ether oxygens (including phenoxy) is 5. The number of carbonyl (C=O) groups is 1. The molecule has 0 spiro atoms. The molecule has 0 radical (unpaired) electrons. The average molecular weight is 759 g/mol. The number of rotatable bonds is 10. The molecule has 1 amide bonds. The molecule has 0 unspecified atom stereocenters. The van der Waals surface area contributed by atoms with Crippen molar-refractivity contribution < 1.29 is 28.5 Å². The molecule has 1 heterocycles. The van der Waals surface area contributed by atoms with Crippen LogP contribution in [0.15, 0.2) is 81.7 Å². The van der Waals surface area contributed by atoms with Crippen LogP contribution in [-0.4, -0.2) is 33.3 Å². The first kappa shape index (κ1) is 34.7. The highest BCUT2D eigenvalue weighted by atomic mass is 79.9. The van der Waals surface area contributed by atoms with Gasteiger partial charge in [0, 0.05) is 19.1 Å². The molecule has 46 heavy (non-hydrogen) atoms. The van der Waals surface area contributed by atoms with Crippen LogP contribution >= 0.6 is 31.9 Å². The molecular weight excluding hydrogens is 720 g/mol. The van der Waals surface area contributed by atoms with Gasteiger partial charge in [0.15, 0.2) is 11.5 Å². The number of nitrogens with two attached hydrogens (primary N) is 3. The number of hydrogen-bond acceptors (Lipinski definition) is 9. The number of nitrogen functional groups attached to an aromatic ring is 3. The van der Waals surface area contributed by atoms with E-state index in [-0.39, 0.29) is 11.8 Å². The molecule has 4 aromatic rings. The first-order chi connectivity index (χ1) is 22.2. The second-order valence-electron chi connectivity index (χ2n) is 10.4. The summed E-state index contributed by atoms with van der Waals surface area (Å²) in [4.78, 5) is 12.6. The lowest BCUT2D eigenvalue weighted by molar-refractivity contribution is -0.122. The van der Waals surface area contributed by atoms with Crippen LogP contribution in [0.1, 0.15) is 24.0 Å². The summed E-state index contributed by atoms with van der Waals surface area (Å²) in [5.74, 6) is 2.55. The van der Waals surface area contributed by atoms with E-state index in [1.807, 2.05) is 60.7 Å². The third kappa shape index (κ3) is 9.44. The van der Waals surface area contributed by atoms with E-state index in [0.29, 0.717) is 73.5 Å². The lowest BCUT2D eigenvalue weighted by atomic mass is 9.99. The number of amides is 1. The highest BCUT2D eigenvalue weighted by molar-refractivity contribution is 9.11. The monoisotopic (exact) mass is 756 g/mol. The van der Waals surface area contributed by atoms with E-state index < -0.39 is 0 Å². The van der Waals surface area contributed by atoms with Gasteiger partial charge in [0.2, 0.25) is 5.91 Å². The summed E-state index contributed by atoms with van der Waals surface area (Å²) < 4.78 is 28.8. The fraction of sp³-hybridized carbons (Fsp3) is 0.265. The maximum Gasteiger partial charge on any atom is 0.227 e. The Hall–Kier alpha value is -4.13. The van der Waals surface area contributed by atoms with Crippen LogP contribution < -0.4 is 41.5 Å². The molecule has 1 saturated heterocycles. The largest absolute Gasteiger partial charge is 0.497 e. The van der Waals surface area contributed by atoms with E-state index in [2.05, 4.69) is 37.2 Å². The summed E-state index contributed by atoms with van der Waals surface area (Å²) >= 11 is 6.89. The smallest absolute Gasteiger partial charge is 0.227 e. The fourth-order valence-electron chi connectivity index (χ4n) is 4.52. The number of methoxy groups -OCH3 is 2. The van der Waals surface area contributed by atoms with E-state index >= 15 is 0 Å². The van der Waals surface area contributed by atoms with Gasteiger partial charge in [-0.2, -0.15) is 0 Å². The lowest BCUT2D eigenvalue weighted by Gasteiger charge is -2.23. The third-order valence-electron chi connectivity index (χ3n) is 7.25. The van der Waals surface area contributed by atoms with Crippen molar-refractivity contribution in [2.75, 3.05) is 50.0 Å². The Labute approximate surface area is 285 Å². The summed E-state index contributed by atoms with van der Waals surface area (Å²) in [5.41, 5.74) is 21.7. The summed E-state index contributed by atoms with van der Waals surface area (Å²) in [6.07, 6.45) is 1.42. The first-order valence-electron chi connectivity index (χ1n) is 14.5. The topological polar surface area (TPSA) is 153 Å². The molecule has 7 N–H and O–H groups in total. The van der Waals surface area contributed by atoms with Gasteiger partial charge in [-0.3, -0.25) is 4.79 Å². The van der Waals surface area contributed by atoms with Crippen molar-refractivity contribution in [2.45, 2.75) is 26.1 Å². The van der Waals surface area contributed by atoms with E-state index in [0.717, 1.165) is 31.6 Å². The van der Waals surface area contributed by atoms with Crippen LogP contribution in [0.3, 0.4) is 0 Å². The van der Waals surface area contributed by atoms with Gasteiger partial charge < -0.3 is 46.2 Å². The summed E-state index contributed by atoms with van der Waals surface area (Å²) in [7, 11) is 3.26. The van der Waals surface area contributed by atoms with Gasteiger partial charge in [-0.1, -0.05) is 24.3 Å². The van der Waals surface area contributed by atoms with Crippen molar-refractivity contribution in [2.24, 2.45) is 5.92 Å². The van der Waals surface area contributed by atoms with Gasteiger partial charge in [-0.05, 0) is 104 Å². The molecule has 12 heteroatoms. The number of nitrogens with one attached hydrogen (secondary N) is 1. The first-order valence-corrected chi connectivity index (χ1v) is 16.1. The van der Waals surface area contributed by atoms with Gasteiger partial charge in [0.05, 0.1) is 40.2 Å². The SMILES string of the molecule is COc1ccc(COc2c(Br)ccc(N)c2N)cc1.COc1ccc(COc2c(Br)ccc(N)c2NC(=O)C2CCOCC2)cc1. The standard InChI is InChI=1S/C20H23BrN2O4.C14H15BrN2O2/c1-25-15-4-2-13(3-5-15)12-27-19-16(21)6-7-17(22)18(19)23-20(24)14-8-10-26-11-9-14;1-18-10-4-2-9(3-5-10)8-19-14-11(15)6-7-12(16)13(14)17/h2-7,14H,8-12,22H2,1H3,(H,23,24);2-7H,8,16-17H2,1H3. The normalized spacial score (nSPS) is 12.8. The molecule has 0 saturated carbocycles. The zero-order valence-corrected chi connectivity index (χ0v) is 28.9. The van der Waals surface area contributed by atoms with Crippen LogP contribution in [0.4, 0.5) is 22.7 Å². The highest BCUT2D eigenvalue weighted by Crippen LogP contribution is 2.39. The maximum atomic E-state index is 12.6. The maximum absolute atomic E-state index is 12.6. The quantitative estimate of drug-likeness (QED) is 0.123. The van der Waals surface area contributed by atoms with Crippen LogP contribution in [0.25, 0.3) is 0 Å². The Balaban J connectivity index is 0.000000222. The summed E-state index contributed by atoms with van der Waals surface area (Å²) in [6.45, 7) is 1.96. The molecule has 5 rings (SSSR count). The predicted octanol–water partition coefficient (Wildman–Crippen LogP) is 7.19. The molecule has 0 aromatic heterocycles. The number of hydrogen-bond donors (Lipinski definition) is 4. The van der Waals surface area contributed by atoms with Crippen molar-refractivity contribution in [3.05, 3.63) is 92.9 Å². The molecule has 0 atom stereocenters. The molecule has 4 aromatic carbocycles. The molecule has 10 nitrogen and oxygen atoms in total. The number of carbonyl (C=O) groups excluding carboxylic acids is 1. The van der Waals surface area contributed by atoms with Gasteiger partial charge in [0.25, 0.3) is 0 Å². The van der Waals surface area contributed by atoms with Crippen molar-refractivity contribution >= 4 is 60.5 Å². The molecule has 1 aliphatic heterocycles. The Morgan fingerprint density at radius 1 is 0.739 bits per heavy atom. The Morgan fingerprint density at radius 3 is 1.74 bits per heavy atom. The van der Waals surface area contributed by atoms with Crippen molar-refractivity contribution in [1.82, 2.24) is 0 Å². The Bertz CT molecular complexity index is 1600. The van der Waals surface area contributed by atoms with Gasteiger partial charge in [-0.25, -0.2) is 0 Å². The van der Waals surface area contributed by atoms with Gasteiger partial charge in [-0.15, -0.1) is 0 Å². The van der Waals surface area contributed by atoms with E-state index in [4.69, 9.17) is 40.9 Å². The Morgan fingerprint density at radius 2 is 1.22 bits per heavy atom. The number of anilines is 4. The van der Waals surface area contributed by atoms with E-state index in [1.165, 1.54) is 0 Å². The summed E-state index contributed by atoms with van der Waals surface area (Å²) in [6, 6.07) is 22.4. The highest BCUT2D eigenvalue weighted by Gasteiger charge is 2.24. The summed E-state index contributed by atoms with van der Waals surface area (Å²) in [5, 5.41) is 2.95. The average Bonchev–Trinajstić information content (AvgIpc) is 3.09. The molecular formula is C34H38Br2N4O6. The molecule has 0 aliphatic carbocycles. The minimum Gasteiger partial charge on any atom is -0.497 e. The van der Waals surface area contributed by atoms with E-state index in [1.54, 1.807) is 26.4 Å². The second-order valence-corrected chi connectivity index (χ2v) is 12.1. The van der Waals surface area contributed by atoms with E-state index in [9.17, 15) is 4.79 Å². The third-order valence-corrected chi connectivity index (χ3v) is 8.50. The zero-order valence-electron chi connectivity index (χ0n) is 25.7. The lowest BCUT2D eigenvalue weighted by Crippen LogP contribution is -2.29. The zero-order chi connectivity index (χ0) is 33.1. The van der Waals surface area contributed by atoms with Crippen molar-refractivity contribution in [3.8, 4) is 23.0 Å². The minimum absolute atomic E-state index is 0.0580. The predicted molar refractivity (Wildman–Crippen MR) is 188 cm³/mol. The number of halogens is 2.